The summed E-state index contributed by atoms with van der Waals surface area (Å²) in [4.78, 5) is 8.00. The molecule has 0 atom stereocenters. The number of aryl methyl sites for hydroxylation is 2. The maximum Gasteiger partial charge on any atom is 1.00 e. The van der Waals surface area contributed by atoms with Crippen LogP contribution in [0.25, 0.3) is 0 Å². The van der Waals surface area contributed by atoms with Crippen LogP contribution in [0.4, 0.5) is 12.9 Å². The van der Waals surface area contributed by atoms with Gasteiger partial charge in [0.05, 0.1) is 0 Å². The van der Waals surface area contributed by atoms with Crippen LogP contribution in [0.5, 0.6) is 0 Å². The average molecular weight is 274 g/mol. The smallest absolute Gasteiger partial charge is 0.448 e. The van der Waals surface area contributed by atoms with Gasteiger partial charge in [-0.2, -0.15) is 0 Å². The van der Waals surface area contributed by atoms with Gasteiger partial charge in [-0.05, 0) is 32.0 Å². The topological polar surface area (TPSA) is 25.8 Å². The van der Waals surface area contributed by atoms with E-state index in [1.165, 1.54) is 0 Å². The molecule has 0 unspecified atom stereocenters. The van der Waals surface area contributed by atoms with Gasteiger partial charge in [0, 0.05) is 11.4 Å². The molecule has 0 amide bonds. The van der Waals surface area contributed by atoms with Crippen LogP contribution in [-0.2, 0) is 0 Å². The Hall–Kier alpha value is 0.921. The third-order valence-corrected chi connectivity index (χ3v) is 3.00. The van der Waals surface area contributed by atoms with Crippen molar-refractivity contribution >= 4 is 18.7 Å². The summed E-state index contributed by atoms with van der Waals surface area (Å²) in [6.07, 6.45) is 0. The zero-order valence-electron chi connectivity index (χ0n) is 9.72. The zero-order chi connectivity index (χ0) is 11.6. The van der Waals surface area contributed by atoms with E-state index in [9.17, 15) is 12.9 Å². The van der Waals surface area contributed by atoms with Gasteiger partial charge in [-0.1, -0.05) is 0 Å². The number of halogens is 3. The molecule has 2 nitrogen and oxygen atoms in total. The van der Waals surface area contributed by atoms with Crippen molar-refractivity contribution in [3.63, 3.8) is 0 Å². The fraction of sp³-hybridized carbons (Fsp3) is 0.500. The monoisotopic (exact) mass is 274 g/mol. The number of hydrogen-bond acceptors (Lipinski definition) is 3. The molecule has 0 aliphatic heterocycles. The Kier molecular flexibility index (Phi) is 7.14. The third kappa shape index (κ3) is 5.50. The van der Waals surface area contributed by atoms with Gasteiger partial charge in [0.15, 0.2) is 5.16 Å². The molecule has 0 aromatic carbocycles. The van der Waals surface area contributed by atoms with Crippen LogP contribution in [0.15, 0.2) is 5.16 Å². The van der Waals surface area contributed by atoms with E-state index in [0.29, 0.717) is 11.8 Å². The molecule has 1 aromatic rings. The molecule has 0 aliphatic rings. The van der Waals surface area contributed by atoms with Crippen molar-refractivity contribution in [1.29, 1.82) is 0 Å². The van der Waals surface area contributed by atoms with E-state index in [1.807, 2.05) is 6.92 Å². The van der Waals surface area contributed by atoms with E-state index < -0.39 is 12.6 Å². The van der Waals surface area contributed by atoms with E-state index >= 15 is 0 Å². The van der Waals surface area contributed by atoms with E-state index in [0.717, 1.165) is 17.0 Å². The first-order valence-corrected chi connectivity index (χ1v) is 5.44. The molecule has 8 heteroatoms. The summed E-state index contributed by atoms with van der Waals surface area (Å²) >= 11 is 0.645. The molecule has 0 fully saturated rings. The number of aromatic nitrogens is 2. The molecule has 16 heavy (non-hydrogen) atoms. The molecule has 1 rings (SSSR count). The Morgan fingerprint density at radius 1 is 1.06 bits per heavy atom. The maximum absolute atomic E-state index is 12.0. The predicted octanol–water partition coefficient (Wildman–Crippen LogP) is -0.115. The van der Waals surface area contributed by atoms with Crippen LogP contribution in [0.2, 0.25) is 0 Å². The van der Waals surface area contributed by atoms with Crippen LogP contribution >= 0.6 is 11.8 Å². The molecule has 0 radical (unpaired) electrons. The number of thioether (sulfide) groups is 1. The molecule has 0 saturated carbocycles. The fourth-order valence-corrected chi connectivity index (χ4v) is 1.72. The molecule has 1 heterocycles. The number of hydrogen-bond donors (Lipinski definition) is 0. The van der Waals surface area contributed by atoms with Crippen LogP contribution in [-0.4, -0.2) is 22.6 Å². The summed E-state index contributed by atoms with van der Waals surface area (Å²) in [5.41, 5.74) is 1.51. The molecule has 1 aromatic heterocycles. The Labute approximate surface area is 140 Å². The van der Waals surface area contributed by atoms with Crippen LogP contribution in [0.1, 0.15) is 17.0 Å². The summed E-state index contributed by atoms with van der Waals surface area (Å²) in [6.45, 7) is 0.619. The van der Waals surface area contributed by atoms with Crippen molar-refractivity contribution in [2.24, 2.45) is 0 Å². The minimum atomic E-state index is -4.78. The summed E-state index contributed by atoms with van der Waals surface area (Å²) in [6, 6.07) is 0. The van der Waals surface area contributed by atoms with E-state index in [-0.39, 0.29) is 56.5 Å². The summed E-state index contributed by atoms with van der Waals surface area (Å²) < 4.78 is 36.0. The Bertz CT molecular complexity index is 350. The van der Waals surface area contributed by atoms with Gasteiger partial charge < -0.3 is 12.9 Å². The van der Waals surface area contributed by atoms with Gasteiger partial charge in [-0.15, -0.1) is 11.8 Å². The number of rotatable bonds is 3. The SMILES string of the molecule is Cc1nc(SC[B-](F)(F)F)nc(C)c1C.[K+]. The van der Waals surface area contributed by atoms with Gasteiger partial charge in [0.2, 0.25) is 0 Å². The summed E-state index contributed by atoms with van der Waals surface area (Å²) in [5, 5.41) is 0.204. The maximum atomic E-state index is 12.0. The van der Waals surface area contributed by atoms with E-state index in [1.54, 1.807) is 13.8 Å². The first-order valence-electron chi connectivity index (χ1n) is 4.45. The molecular formula is C8H11BF3KN2S. The predicted molar refractivity (Wildman–Crippen MR) is 56.0 cm³/mol. The average Bonchev–Trinajstić information content (AvgIpc) is 2.09. The second-order valence-corrected chi connectivity index (χ2v) is 4.31. The number of nitrogens with zero attached hydrogens (tertiary/aromatic N) is 2. The van der Waals surface area contributed by atoms with Crippen molar-refractivity contribution in [3.8, 4) is 0 Å². The molecular weight excluding hydrogens is 263 g/mol. The van der Waals surface area contributed by atoms with E-state index in [2.05, 4.69) is 9.97 Å². The second kappa shape index (κ2) is 6.75. The molecule has 0 saturated heterocycles. The first-order chi connectivity index (χ1) is 6.79. The van der Waals surface area contributed by atoms with Gasteiger partial charge in [-0.3, -0.25) is 0 Å². The molecule has 0 aliphatic carbocycles. The van der Waals surface area contributed by atoms with Crippen LogP contribution in [0, 0.1) is 20.8 Å². The summed E-state index contributed by atoms with van der Waals surface area (Å²) in [7, 11) is 0. The Morgan fingerprint density at radius 3 is 1.88 bits per heavy atom. The van der Waals surface area contributed by atoms with Crippen molar-refractivity contribution in [2.45, 2.75) is 25.9 Å². The van der Waals surface area contributed by atoms with Gasteiger partial charge in [0.25, 0.3) is 0 Å². The van der Waals surface area contributed by atoms with Gasteiger partial charge >= 0.3 is 58.4 Å². The van der Waals surface area contributed by atoms with E-state index in [4.69, 9.17) is 0 Å². The van der Waals surface area contributed by atoms with Crippen molar-refractivity contribution < 1.29 is 64.3 Å². The minimum absolute atomic E-state index is 0. The van der Waals surface area contributed by atoms with Crippen molar-refractivity contribution in [1.82, 2.24) is 9.97 Å². The molecule has 0 N–H and O–H groups in total. The quantitative estimate of drug-likeness (QED) is 0.437. The van der Waals surface area contributed by atoms with Crippen LogP contribution in [0.3, 0.4) is 0 Å². The second-order valence-electron chi connectivity index (χ2n) is 3.32. The molecule has 84 valence electrons. The standard InChI is InChI=1S/C8H11BF3N2S.K/c1-5-6(2)13-8(14-7(5)3)15-4-9(10,11)12;/h4H2,1-3H3;/q-1;+1. The summed E-state index contributed by atoms with van der Waals surface area (Å²) in [5.74, 6) is 0. The van der Waals surface area contributed by atoms with Crippen molar-refractivity contribution in [2.75, 3.05) is 5.65 Å². The minimum Gasteiger partial charge on any atom is -0.448 e. The Morgan fingerprint density at radius 2 is 1.50 bits per heavy atom. The zero-order valence-corrected chi connectivity index (χ0v) is 13.7. The molecule has 0 bridgehead atoms. The normalized spacial score (nSPS) is 11.1. The largest absolute Gasteiger partial charge is 1.00 e. The van der Waals surface area contributed by atoms with Crippen LogP contribution < -0.4 is 51.4 Å². The third-order valence-electron chi connectivity index (χ3n) is 2.01. The fourth-order valence-electron chi connectivity index (χ4n) is 0.975. The first kappa shape index (κ1) is 16.9. The van der Waals surface area contributed by atoms with Crippen molar-refractivity contribution in [3.05, 3.63) is 17.0 Å². The molecule has 0 spiro atoms. The van der Waals surface area contributed by atoms with Gasteiger partial charge in [0.1, 0.15) is 0 Å². The van der Waals surface area contributed by atoms with Gasteiger partial charge in [-0.25, -0.2) is 9.97 Å². The Balaban J connectivity index is 0.00000225.